The predicted molar refractivity (Wildman–Crippen MR) is 86.4 cm³/mol. The van der Waals surface area contributed by atoms with E-state index in [-0.39, 0.29) is 5.91 Å². The molecule has 1 amide bonds. The molecular formula is C16H28N4O. The van der Waals surface area contributed by atoms with Gasteiger partial charge in [0.25, 0.3) is 0 Å². The van der Waals surface area contributed by atoms with Crippen LogP contribution in [-0.2, 0) is 4.79 Å². The van der Waals surface area contributed by atoms with Crippen molar-refractivity contribution in [1.82, 2.24) is 15.3 Å². The minimum absolute atomic E-state index is 0.134. The minimum atomic E-state index is 0.134. The second-order valence-corrected chi connectivity index (χ2v) is 5.42. The zero-order valence-corrected chi connectivity index (χ0v) is 13.5. The van der Waals surface area contributed by atoms with Crippen LogP contribution in [0.2, 0.25) is 0 Å². The molecule has 21 heavy (non-hydrogen) atoms. The van der Waals surface area contributed by atoms with Crippen molar-refractivity contribution in [2.45, 2.75) is 59.3 Å². The summed E-state index contributed by atoms with van der Waals surface area (Å²) < 4.78 is 0. The zero-order valence-electron chi connectivity index (χ0n) is 13.5. The molecule has 0 fully saturated rings. The van der Waals surface area contributed by atoms with Gasteiger partial charge in [0.05, 0.1) is 0 Å². The van der Waals surface area contributed by atoms with Gasteiger partial charge in [-0.05, 0) is 32.8 Å². The topological polar surface area (TPSA) is 66.9 Å². The molecule has 5 nitrogen and oxygen atoms in total. The first-order chi connectivity index (χ1) is 10.1. The maximum absolute atomic E-state index is 11.6. The molecule has 0 saturated carbocycles. The lowest BCUT2D eigenvalue weighted by Gasteiger charge is -2.07. The van der Waals surface area contributed by atoms with E-state index in [9.17, 15) is 4.79 Å². The summed E-state index contributed by atoms with van der Waals surface area (Å²) in [6.07, 6.45) is 6.08. The smallest absolute Gasteiger partial charge is 0.223 e. The molecule has 1 rings (SSSR count). The average molecular weight is 292 g/mol. The lowest BCUT2D eigenvalue weighted by atomic mass is 10.2. The van der Waals surface area contributed by atoms with Gasteiger partial charge >= 0.3 is 0 Å². The number of unbranched alkanes of at least 4 members (excludes halogenated alkanes) is 3. The fourth-order valence-corrected chi connectivity index (χ4v) is 2.12. The fraction of sp³-hybridized carbons (Fsp3) is 0.688. The largest absolute Gasteiger partial charge is 0.356 e. The van der Waals surface area contributed by atoms with Crippen molar-refractivity contribution in [3.8, 4) is 0 Å². The number of carbonyl (C=O) groups is 1. The van der Waals surface area contributed by atoms with Crippen LogP contribution in [-0.4, -0.2) is 29.0 Å². The molecule has 118 valence electrons. The highest BCUT2D eigenvalue weighted by Crippen LogP contribution is 2.04. The van der Waals surface area contributed by atoms with E-state index in [1.54, 1.807) is 0 Å². The van der Waals surface area contributed by atoms with Crippen LogP contribution in [0.15, 0.2) is 6.07 Å². The van der Waals surface area contributed by atoms with Crippen molar-refractivity contribution in [2.24, 2.45) is 0 Å². The number of rotatable bonds is 10. The third kappa shape index (κ3) is 8.27. The molecule has 2 N–H and O–H groups in total. The van der Waals surface area contributed by atoms with Gasteiger partial charge in [0, 0.05) is 30.9 Å². The Hall–Kier alpha value is -1.65. The summed E-state index contributed by atoms with van der Waals surface area (Å²) >= 11 is 0. The first-order valence-corrected chi connectivity index (χ1v) is 7.94. The van der Waals surface area contributed by atoms with Gasteiger partial charge in [0.15, 0.2) is 0 Å². The van der Waals surface area contributed by atoms with Crippen molar-refractivity contribution < 1.29 is 4.79 Å². The molecule has 0 spiro atoms. The summed E-state index contributed by atoms with van der Waals surface area (Å²) in [5, 5.41) is 6.12. The van der Waals surface area contributed by atoms with Gasteiger partial charge < -0.3 is 10.6 Å². The summed E-state index contributed by atoms with van der Waals surface area (Å²) in [7, 11) is 0. The van der Waals surface area contributed by atoms with E-state index < -0.39 is 0 Å². The molecule has 0 aliphatic carbocycles. The molecule has 5 heteroatoms. The molecule has 0 bridgehead atoms. The molecule has 1 heterocycles. The maximum Gasteiger partial charge on any atom is 0.223 e. The van der Waals surface area contributed by atoms with Crippen molar-refractivity contribution in [2.75, 3.05) is 18.4 Å². The third-order valence-electron chi connectivity index (χ3n) is 3.20. The van der Waals surface area contributed by atoms with Gasteiger partial charge in [0.2, 0.25) is 11.9 Å². The van der Waals surface area contributed by atoms with Crippen molar-refractivity contribution in [3.63, 3.8) is 0 Å². The number of hydrogen-bond acceptors (Lipinski definition) is 4. The van der Waals surface area contributed by atoms with Gasteiger partial charge in [-0.15, -0.1) is 0 Å². The molecule has 1 aromatic rings. The molecule has 0 aliphatic rings. The van der Waals surface area contributed by atoms with Crippen LogP contribution in [0.25, 0.3) is 0 Å². The second kappa shape index (κ2) is 10.1. The van der Waals surface area contributed by atoms with Gasteiger partial charge in [-0.2, -0.15) is 0 Å². The van der Waals surface area contributed by atoms with Crippen molar-refractivity contribution >= 4 is 11.9 Å². The molecule has 0 atom stereocenters. The maximum atomic E-state index is 11.6. The highest BCUT2D eigenvalue weighted by molar-refractivity contribution is 5.75. The molecule has 0 radical (unpaired) electrons. The molecule has 0 aromatic carbocycles. The Bertz CT molecular complexity index is 414. The molecule has 1 aromatic heterocycles. The number of hydrogen-bond donors (Lipinski definition) is 2. The number of amides is 1. The molecule has 0 aliphatic heterocycles. The third-order valence-corrected chi connectivity index (χ3v) is 3.20. The first kappa shape index (κ1) is 17.4. The van der Waals surface area contributed by atoms with Gasteiger partial charge in [-0.3, -0.25) is 4.79 Å². The highest BCUT2D eigenvalue weighted by atomic mass is 16.1. The van der Waals surface area contributed by atoms with E-state index in [4.69, 9.17) is 0 Å². The number of carbonyl (C=O) groups excluding carboxylic acids is 1. The molecule has 0 unspecified atom stereocenters. The summed E-state index contributed by atoms with van der Waals surface area (Å²) in [4.78, 5) is 20.2. The van der Waals surface area contributed by atoms with Crippen LogP contribution in [0.3, 0.4) is 0 Å². The molecule has 0 saturated heterocycles. The summed E-state index contributed by atoms with van der Waals surface area (Å²) in [6, 6.07) is 1.94. The second-order valence-electron chi connectivity index (χ2n) is 5.42. The normalized spacial score (nSPS) is 10.4. The lowest BCUT2D eigenvalue weighted by molar-refractivity contribution is -0.121. The first-order valence-electron chi connectivity index (χ1n) is 7.94. The quantitative estimate of drug-likeness (QED) is 0.651. The van der Waals surface area contributed by atoms with Crippen LogP contribution in [0.4, 0.5) is 5.95 Å². The number of aromatic nitrogens is 2. The average Bonchev–Trinajstić information content (AvgIpc) is 2.42. The van der Waals surface area contributed by atoms with Crippen LogP contribution >= 0.6 is 0 Å². The Morgan fingerprint density at radius 2 is 1.76 bits per heavy atom. The lowest BCUT2D eigenvalue weighted by Crippen LogP contribution is -2.24. The number of anilines is 1. The van der Waals surface area contributed by atoms with Crippen molar-refractivity contribution in [1.29, 1.82) is 0 Å². The van der Waals surface area contributed by atoms with Gasteiger partial charge in [-0.25, -0.2) is 9.97 Å². The molecular weight excluding hydrogens is 264 g/mol. The minimum Gasteiger partial charge on any atom is -0.356 e. The standard InChI is InChI=1S/C16H28N4O/c1-4-5-6-7-10-17-15(21)9-8-11-18-16-19-13(2)12-14(3)20-16/h12H,4-11H2,1-3H3,(H,17,21)(H,18,19,20). The Morgan fingerprint density at radius 3 is 2.43 bits per heavy atom. The van der Waals surface area contributed by atoms with Gasteiger partial charge in [0.1, 0.15) is 0 Å². The van der Waals surface area contributed by atoms with E-state index in [0.29, 0.717) is 18.9 Å². The SMILES string of the molecule is CCCCCCNC(=O)CCCNc1nc(C)cc(C)n1. The number of nitrogens with zero attached hydrogens (tertiary/aromatic N) is 2. The Labute approximate surface area is 128 Å². The van der Waals surface area contributed by atoms with E-state index in [1.807, 2.05) is 19.9 Å². The van der Waals surface area contributed by atoms with E-state index in [1.165, 1.54) is 19.3 Å². The Balaban J connectivity index is 2.09. The van der Waals surface area contributed by atoms with Crippen LogP contribution in [0.5, 0.6) is 0 Å². The van der Waals surface area contributed by atoms with Crippen LogP contribution in [0, 0.1) is 13.8 Å². The van der Waals surface area contributed by atoms with Gasteiger partial charge in [-0.1, -0.05) is 26.2 Å². The van der Waals surface area contributed by atoms with E-state index in [2.05, 4.69) is 27.5 Å². The Kier molecular flexibility index (Phi) is 8.40. The van der Waals surface area contributed by atoms with E-state index in [0.717, 1.165) is 30.8 Å². The van der Waals surface area contributed by atoms with E-state index >= 15 is 0 Å². The van der Waals surface area contributed by atoms with Crippen LogP contribution in [0.1, 0.15) is 56.8 Å². The predicted octanol–water partition coefficient (Wildman–Crippen LogP) is 2.98. The highest BCUT2D eigenvalue weighted by Gasteiger charge is 2.02. The van der Waals surface area contributed by atoms with Crippen LogP contribution < -0.4 is 10.6 Å². The Morgan fingerprint density at radius 1 is 1.05 bits per heavy atom. The fourth-order valence-electron chi connectivity index (χ4n) is 2.12. The summed E-state index contributed by atoms with van der Waals surface area (Å²) in [5.74, 6) is 0.780. The zero-order chi connectivity index (χ0) is 15.5. The summed E-state index contributed by atoms with van der Waals surface area (Å²) in [5.41, 5.74) is 1.91. The summed E-state index contributed by atoms with van der Waals surface area (Å²) in [6.45, 7) is 7.60. The van der Waals surface area contributed by atoms with Crippen molar-refractivity contribution in [3.05, 3.63) is 17.5 Å². The number of nitrogens with one attached hydrogen (secondary N) is 2. The number of aryl methyl sites for hydroxylation is 2. The monoisotopic (exact) mass is 292 g/mol.